The van der Waals surface area contributed by atoms with E-state index in [0.29, 0.717) is 23.0 Å². The number of aromatic nitrogens is 6. The molecule has 186 valence electrons. The van der Waals surface area contributed by atoms with Crippen molar-refractivity contribution in [3.63, 3.8) is 0 Å². The lowest BCUT2D eigenvalue weighted by Crippen LogP contribution is -2.43. The highest BCUT2D eigenvalue weighted by atomic mass is 16.1. The normalized spacial score (nSPS) is 16.8. The van der Waals surface area contributed by atoms with Crippen molar-refractivity contribution in [2.75, 3.05) is 36.4 Å². The number of pyridine rings is 1. The van der Waals surface area contributed by atoms with Crippen molar-refractivity contribution >= 4 is 40.0 Å². The zero-order chi connectivity index (χ0) is 24.8. The SMILES string of the molecule is CC(=O)c1c(C)c2cnc(Nc3ccc4nc(N5CCNCC5)cn4n3)nc2n(C2CCCC2)c1=O. The summed E-state index contributed by atoms with van der Waals surface area (Å²) in [7, 11) is 0. The van der Waals surface area contributed by atoms with Crippen LogP contribution in [-0.2, 0) is 0 Å². The third kappa shape index (κ3) is 3.89. The molecule has 0 amide bonds. The first-order valence-corrected chi connectivity index (χ1v) is 12.5. The Balaban J connectivity index is 1.38. The lowest BCUT2D eigenvalue weighted by Gasteiger charge is -2.26. The summed E-state index contributed by atoms with van der Waals surface area (Å²) in [6.45, 7) is 6.93. The highest BCUT2D eigenvalue weighted by Gasteiger charge is 2.26. The van der Waals surface area contributed by atoms with Crippen LogP contribution in [0.1, 0.15) is 54.6 Å². The van der Waals surface area contributed by atoms with Gasteiger partial charge >= 0.3 is 0 Å². The summed E-state index contributed by atoms with van der Waals surface area (Å²) in [6, 6.07) is 3.77. The Kier molecular flexibility index (Phi) is 5.63. The molecule has 11 nitrogen and oxygen atoms in total. The van der Waals surface area contributed by atoms with E-state index in [1.54, 1.807) is 22.2 Å². The Morgan fingerprint density at radius 2 is 1.92 bits per heavy atom. The molecule has 4 aromatic heterocycles. The van der Waals surface area contributed by atoms with E-state index in [-0.39, 0.29) is 22.9 Å². The Hall–Kier alpha value is -3.86. The Bertz CT molecular complexity index is 1530. The van der Waals surface area contributed by atoms with E-state index in [1.807, 2.05) is 18.3 Å². The molecule has 0 unspecified atom stereocenters. The first-order valence-electron chi connectivity index (χ1n) is 12.5. The van der Waals surface area contributed by atoms with Gasteiger partial charge in [0.1, 0.15) is 11.5 Å². The smallest absolute Gasteiger partial charge is 0.263 e. The van der Waals surface area contributed by atoms with E-state index in [9.17, 15) is 9.59 Å². The van der Waals surface area contributed by atoms with Crippen LogP contribution in [0, 0.1) is 6.92 Å². The molecule has 6 rings (SSSR count). The summed E-state index contributed by atoms with van der Waals surface area (Å²) in [5.74, 6) is 1.59. The molecule has 11 heteroatoms. The van der Waals surface area contributed by atoms with Crippen LogP contribution in [0.2, 0.25) is 0 Å². The predicted octanol–water partition coefficient (Wildman–Crippen LogP) is 2.61. The maximum Gasteiger partial charge on any atom is 0.263 e. The summed E-state index contributed by atoms with van der Waals surface area (Å²) in [4.78, 5) is 41.9. The molecule has 2 fully saturated rings. The second-order valence-electron chi connectivity index (χ2n) is 9.58. The van der Waals surface area contributed by atoms with E-state index in [0.717, 1.165) is 68.7 Å². The third-order valence-corrected chi connectivity index (χ3v) is 7.24. The van der Waals surface area contributed by atoms with E-state index in [1.165, 1.54) is 6.92 Å². The van der Waals surface area contributed by atoms with Crippen LogP contribution in [0.5, 0.6) is 0 Å². The minimum absolute atomic E-state index is 0.0327. The first kappa shape index (κ1) is 22.6. The molecule has 0 radical (unpaired) electrons. The number of anilines is 3. The van der Waals surface area contributed by atoms with Crippen LogP contribution in [0.3, 0.4) is 0 Å². The standard InChI is InChI=1S/C25H29N9O2/c1-15-18-13-27-25(30-23(18)34(17-5-3-4-6-17)24(36)22(15)16(2)35)28-19-7-8-20-29-21(14-33(20)31-19)32-11-9-26-10-12-32/h7-8,13-14,17,26H,3-6,9-12H2,1-2H3,(H,27,28,30,31). The van der Waals surface area contributed by atoms with Crippen molar-refractivity contribution in [2.45, 2.75) is 45.6 Å². The molecule has 1 aliphatic heterocycles. The van der Waals surface area contributed by atoms with Gasteiger partial charge in [0.05, 0.1) is 11.8 Å². The van der Waals surface area contributed by atoms with E-state index in [2.05, 4.69) is 25.6 Å². The number of piperazine rings is 1. The molecule has 2 N–H and O–H groups in total. The molecule has 5 heterocycles. The monoisotopic (exact) mass is 487 g/mol. The molecule has 0 aromatic carbocycles. The molecule has 1 aliphatic carbocycles. The van der Waals surface area contributed by atoms with Crippen LogP contribution >= 0.6 is 0 Å². The Morgan fingerprint density at radius 1 is 1.14 bits per heavy atom. The molecular formula is C25H29N9O2. The fraction of sp³-hybridized carbons (Fsp3) is 0.440. The van der Waals surface area contributed by atoms with Gasteiger partial charge in [-0.15, -0.1) is 5.10 Å². The lowest BCUT2D eigenvalue weighted by atomic mass is 10.0. The van der Waals surface area contributed by atoms with Gasteiger partial charge in [0.2, 0.25) is 5.95 Å². The van der Waals surface area contributed by atoms with Gasteiger partial charge in [-0.2, -0.15) is 4.98 Å². The second-order valence-corrected chi connectivity index (χ2v) is 9.58. The predicted molar refractivity (Wildman–Crippen MR) is 137 cm³/mol. The molecule has 0 spiro atoms. The van der Waals surface area contributed by atoms with Crippen molar-refractivity contribution in [3.05, 3.63) is 46.0 Å². The van der Waals surface area contributed by atoms with Crippen molar-refractivity contribution in [1.29, 1.82) is 0 Å². The average Bonchev–Trinajstić information content (AvgIpc) is 3.54. The second kappa shape index (κ2) is 8.98. The van der Waals surface area contributed by atoms with Gasteiger partial charge in [0.25, 0.3) is 5.56 Å². The molecule has 1 saturated heterocycles. The first-order chi connectivity index (χ1) is 17.5. The maximum absolute atomic E-state index is 13.4. The van der Waals surface area contributed by atoms with Crippen molar-refractivity contribution < 1.29 is 4.79 Å². The topological polar surface area (TPSA) is 122 Å². The quantitative estimate of drug-likeness (QED) is 0.409. The molecular weight excluding hydrogens is 458 g/mol. The number of hydrogen-bond donors (Lipinski definition) is 2. The molecule has 0 atom stereocenters. The van der Waals surface area contributed by atoms with Gasteiger partial charge in [0.15, 0.2) is 17.2 Å². The van der Waals surface area contributed by atoms with Gasteiger partial charge in [-0.3, -0.25) is 14.2 Å². The van der Waals surface area contributed by atoms with Gasteiger partial charge in [-0.05, 0) is 44.4 Å². The fourth-order valence-electron chi connectivity index (χ4n) is 5.41. The third-order valence-electron chi connectivity index (χ3n) is 7.24. The van der Waals surface area contributed by atoms with Gasteiger partial charge in [-0.25, -0.2) is 14.5 Å². The van der Waals surface area contributed by atoms with E-state index < -0.39 is 0 Å². The van der Waals surface area contributed by atoms with Gasteiger partial charge in [-0.1, -0.05) is 12.8 Å². The van der Waals surface area contributed by atoms with Gasteiger partial charge in [0, 0.05) is 43.8 Å². The summed E-state index contributed by atoms with van der Waals surface area (Å²) in [6.07, 6.45) is 7.53. The van der Waals surface area contributed by atoms with Crippen molar-refractivity contribution in [3.8, 4) is 0 Å². The number of ketones is 1. The van der Waals surface area contributed by atoms with Crippen molar-refractivity contribution in [2.24, 2.45) is 0 Å². The lowest BCUT2D eigenvalue weighted by molar-refractivity contribution is 0.101. The zero-order valence-electron chi connectivity index (χ0n) is 20.5. The highest BCUT2D eigenvalue weighted by Crippen LogP contribution is 2.32. The number of aryl methyl sites for hydroxylation is 1. The highest BCUT2D eigenvalue weighted by molar-refractivity contribution is 5.99. The number of Topliss-reactive ketones (excluding diaryl/α,β-unsaturated/α-hetero) is 1. The number of nitrogens with one attached hydrogen (secondary N) is 2. The van der Waals surface area contributed by atoms with Crippen LogP contribution in [-0.4, -0.2) is 61.1 Å². The van der Waals surface area contributed by atoms with E-state index in [4.69, 9.17) is 9.97 Å². The fourth-order valence-corrected chi connectivity index (χ4v) is 5.41. The van der Waals surface area contributed by atoms with Crippen LogP contribution in [0.15, 0.2) is 29.3 Å². The largest absolute Gasteiger partial charge is 0.353 e. The van der Waals surface area contributed by atoms with Crippen LogP contribution in [0.4, 0.5) is 17.6 Å². The van der Waals surface area contributed by atoms with Crippen LogP contribution in [0.25, 0.3) is 16.7 Å². The van der Waals surface area contributed by atoms with Crippen molar-refractivity contribution in [1.82, 2.24) is 34.4 Å². The number of fused-ring (bicyclic) bond motifs is 2. The average molecular weight is 488 g/mol. The maximum atomic E-state index is 13.4. The molecule has 0 bridgehead atoms. The molecule has 36 heavy (non-hydrogen) atoms. The molecule has 4 aromatic rings. The van der Waals surface area contributed by atoms with E-state index >= 15 is 0 Å². The number of imidazole rings is 1. The molecule has 1 saturated carbocycles. The number of carbonyl (C=O) groups is 1. The summed E-state index contributed by atoms with van der Waals surface area (Å²) in [5.41, 5.74) is 1.91. The number of rotatable bonds is 5. The number of hydrogen-bond acceptors (Lipinski definition) is 9. The minimum Gasteiger partial charge on any atom is -0.353 e. The summed E-state index contributed by atoms with van der Waals surface area (Å²) in [5, 5.41) is 11.9. The number of carbonyl (C=O) groups excluding carboxylic acids is 1. The number of nitrogens with zero attached hydrogens (tertiary/aromatic N) is 7. The zero-order valence-corrected chi connectivity index (χ0v) is 20.5. The minimum atomic E-state index is -0.262. The van der Waals surface area contributed by atoms with Crippen LogP contribution < -0.4 is 21.1 Å². The summed E-state index contributed by atoms with van der Waals surface area (Å²) >= 11 is 0. The Morgan fingerprint density at radius 3 is 2.67 bits per heavy atom. The Labute approximate surface area is 207 Å². The molecule has 2 aliphatic rings. The summed E-state index contributed by atoms with van der Waals surface area (Å²) < 4.78 is 3.46. The van der Waals surface area contributed by atoms with Gasteiger partial charge < -0.3 is 15.5 Å².